The highest BCUT2D eigenvalue weighted by Gasteiger charge is 2.35. The van der Waals surface area contributed by atoms with E-state index in [2.05, 4.69) is 5.32 Å². The van der Waals surface area contributed by atoms with E-state index in [1.54, 1.807) is 11.9 Å². The Morgan fingerprint density at radius 2 is 1.75 bits per heavy atom. The molecular formula is C14H28N2O4. The highest BCUT2D eigenvalue weighted by atomic mass is 16.4. The number of carboxylic acid groups (broad SMARTS) is 1. The van der Waals surface area contributed by atoms with Crippen molar-refractivity contribution in [3.05, 3.63) is 0 Å². The number of amides is 2. The van der Waals surface area contributed by atoms with Crippen LogP contribution in [0.4, 0.5) is 4.79 Å². The Balaban J connectivity index is 4.21. The molecule has 0 saturated heterocycles. The second-order valence-electron chi connectivity index (χ2n) is 5.16. The molecule has 0 saturated carbocycles. The normalized spacial score (nSPS) is 11.2. The van der Waals surface area contributed by atoms with E-state index in [0.717, 1.165) is 19.3 Å². The molecule has 0 bridgehead atoms. The number of carbonyl (C=O) groups excluding carboxylic acids is 1. The molecule has 0 atom stereocenters. The van der Waals surface area contributed by atoms with Gasteiger partial charge in [0.2, 0.25) is 0 Å². The third-order valence-electron chi connectivity index (χ3n) is 3.88. The van der Waals surface area contributed by atoms with Crippen molar-refractivity contribution in [1.82, 2.24) is 10.2 Å². The van der Waals surface area contributed by atoms with E-state index in [-0.39, 0.29) is 19.2 Å². The minimum atomic E-state index is -0.882. The lowest BCUT2D eigenvalue weighted by Gasteiger charge is -2.28. The van der Waals surface area contributed by atoms with Gasteiger partial charge in [-0.25, -0.2) is 4.79 Å². The van der Waals surface area contributed by atoms with Crippen molar-refractivity contribution in [3.8, 4) is 0 Å². The fourth-order valence-electron chi connectivity index (χ4n) is 2.00. The van der Waals surface area contributed by atoms with Gasteiger partial charge in [0.15, 0.2) is 0 Å². The fourth-order valence-corrected chi connectivity index (χ4v) is 2.00. The van der Waals surface area contributed by atoms with Crippen LogP contribution in [0.5, 0.6) is 0 Å². The molecule has 6 nitrogen and oxygen atoms in total. The van der Waals surface area contributed by atoms with Crippen molar-refractivity contribution in [2.45, 2.75) is 46.0 Å². The molecule has 2 amide bonds. The summed E-state index contributed by atoms with van der Waals surface area (Å²) in [7, 11) is 1.69. The van der Waals surface area contributed by atoms with Crippen LogP contribution in [0.1, 0.15) is 46.0 Å². The molecule has 0 spiro atoms. The summed E-state index contributed by atoms with van der Waals surface area (Å²) in [5, 5.41) is 20.7. The lowest BCUT2D eigenvalue weighted by atomic mass is 9.82. The Hall–Kier alpha value is -1.30. The van der Waals surface area contributed by atoms with E-state index in [4.69, 9.17) is 5.11 Å². The number of hydrogen-bond acceptors (Lipinski definition) is 3. The van der Waals surface area contributed by atoms with Gasteiger partial charge in [-0.1, -0.05) is 13.8 Å². The van der Waals surface area contributed by atoms with Gasteiger partial charge in [0.25, 0.3) is 0 Å². The molecule has 0 aromatic rings. The molecule has 0 heterocycles. The maximum absolute atomic E-state index is 11.9. The summed E-state index contributed by atoms with van der Waals surface area (Å²) in [6.07, 6.45) is 3.41. The molecule has 0 aromatic heterocycles. The maximum atomic E-state index is 11.9. The largest absolute Gasteiger partial charge is 0.481 e. The molecule has 0 aliphatic heterocycles. The molecule has 118 valence electrons. The first-order chi connectivity index (χ1) is 9.43. The van der Waals surface area contributed by atoms with Gasteiger partial charge in [0.1, 0.15) is 0 Å². The number of nitrogens with one attached hydrogen (secondary N) is 1. The van der Waals surface area contributed by atoms with Crippen LogP contribution in [0.2, 0.25) is 0 Å². The predicted molar refractivity (Wildman–Crippen MR) is 77.6 cm³/mol. The molecule has 0 aliphatic rings. The van der Waals surface area contributed by atoms with Gasteiger partial charge in [-0.05, 0) is 32.1 Å². The Kier molecular flexibility index (Phi) is 8.96. The summed E-state index contributed by atoms with van der Waals surface area (Å²) in [6, 6.07) is -0.249. The number of urea groups is 1. The zero-order chi connectivity index (χ0) is 15.6. The van der Waals surface area contributed by atoms with Crippen molar-refractivity contribution in [3.63, 3.8) is 0 Å². The molecule has 0 unspecified atom stereocenters. The number of unbranched alkanes of at least 4 members (excludes halogenated alkanes) is 2. The fraction of sp³-hybridized carbons (Fsp3) is 0.857. The Bertz CT molecular complexity index is 304. The van der Waals surface area contributed by atoms with Crippen LogP contribution >= 0.6 is 0 Å². The van der Waals surface area contributed by atoms with Crippen molar-refractivity contribution in [2.24, 2.45) is 5.41 Å². The number of aliphatic hydroxyl groups excluding tert-OH is 1. The minimum absolute atomic E-state index is 0.148. The first-order valence-electron chi connectivity index (χ1n) is 7.26. The van der Waals surface area contributed by atoms with Gasteiger partial charge in [-0.2, -0.15) is 0 Å². The summed E-state index contributed by atoms with van der Waals surface area (Å²) < 4.78 is 0. The highest BCUT2D eigenvalue weighted by Crippen LogP contribution is 2.25. The Morgan fingerprint density at radius 3 is 2.20 bits per heavy atom. The standard InChI is InChI=1S/C14H28N2O4/c1-4-14(5-2,12(18)19)11-15-13(20)16(3)9-7-6-8-10-17/h17H,4-11H2,1-3H3,(H,15,20)(H,18,19). The van der Waals surface area contributed by atoms with E-state index in [9.17, 15) is 14.7 Å². The van der Waals surface area contributed by atoms with E-state index < -0.39 is 11.4 Å². The molecular weight excluding hydrogens is 260 g/mol. The lowest BCUT2D eigenvalue weighted by molar-refractivity contribution is -0.149. The zero-order valence-electron chi connectivity index (χ0n) is 12.8. The molecule has 0 rings (SSSR count). The number of aliphatic carboxylic acids is 1. The summed E-state index contributed by atoms with van der Waals surface area (Å²) in [6.45, 7) is 4.56. The van der Waals surface area contributed by atoms with Crippen LogP contribution in [0, 0.1) is 5.41 Å². The number of hydrogen-bond donors (Lipinski definition) is 3. The zero-order valence-corrected chi connectivity index (χ0v) is 12.8. The number of nitrogens with zero attached hydrogens (tertiary/aromatic N) is 1. The molecule has 0 radical (unpaired) electrons. The highest BCUT2D eigenvalue weighted by molar-refractivity contribution is 5.78. The van der Waals surface area contributed by atoms with E-state index in [1.165, 1.54) is 0 Å². The minimum Gasteiger partial charge on any atom is -0.481 e. The molecule has 6 heteroatoms. The smallest absolute Gasteiger partial charge is 0.317 e. The number of carboxylic acids is 1. The van der Waals surface area contributed by atoms with Crippen molar-refractivity contribution >= 4 is 12.0 Å². The summed E-state index contributed by atoms with van der Waals surface area (Å²) >= 11 is 0. The topological polar surface area (TPSA) is 89.9 Å². The van der Waals surface area contributed by atoms with Gasteiger partial charge in [0.05, 0.1) is 5.41 Å². The maximum Gasteiger partial charge on any atom is 0.317 e. The summed E-state index contributed by atoms with van der Waals surface area (Å²) in [5.74, 6) is -0.867. The average Bonchev–Trinajstić information content (AvgIpc) is 2.44. The summed E-state index contributed by atoms with van der Waals surface area (Å²) in [5.41, 5.74) is -0.882. The number of carbonyl (C=O) groups is 2. The SMILES string of the molecule is CCC(CC)(CNC(=O)N(C)CCCCCO)C(=O)O. The van der Waals surface area contributed by atoms with Crippen molar-refractivity contribution in [2.75, 3.05) is 26.7 Å². The molecule has 20 heavy (non-hydrogen) atoms. The van der Waals surface area contributed by atoms with E-state index >= 15 is 0 Å². The van der Waals surface area contributed by atoms with Gasteiger partial charge in [0, 0.05) is 26.7 Å². The number of rotatable bonds is 10. The summed E-state index contributed by atoms with van der Waals surface area (Å²) in [4.78, 5) is 24.8. The van der Waals surface area contributed by atoms with Crippen molar-refractivity contribution in [1.29, 1.82) is 0 Å². The number of aliphatic hydroxyl groups is 1. The van der Waals surface area contributed by atoms with Gasteiger partial charge >= 0.3 is 12.0 Å². The molecule has 0 aliphatic carbocycles. The van der Waals surface area contributed by atoms with E-state index in [0.29, 0.717) is 19.4 Å². The molecule has 0 fully saturated rings. The second-order valence-corrected chi connectivity index (χ2v) is 5.16. The quantitative estimate of drug-likeness (QED) is 0.533. The lowest BCUT2D eigenvalue weighted by Crippen LogP contribution is -2.46. The van der Waals surface area contributed by atoms with Crippen molar-refractivity contribution < 1.29 is 19.8 Å². The third-order valence-corrected chi connectivity index (χ3v) is 3.88. The van der Waals surface area contributed by atoms with Gasteiger partial charge < -0.3 is 20.4 Å². The first-order valence-corrected chi connectivity index (χ1v) is 7.26. The van der Waals surface area contributed by atoms with Crippen LogP contribution in [-0.4, -0.2) is 53.9 Å². The predicted octanol–water partition coefficient (Wildman–Crippen LogP) is 1.68. The Labute approximate surface area is 121 Å². The monoisotopic (exact) mass is 288 g/mol. The molecule has 3 N–H and O–H groups in total. The van der Waals surface area contributed by atoms with E-state index in [1.807, 2.05) is 13.8 Å². The van der Waals surface area contributed by atoms with Gasteiger partial charge in [-0.15, -0.1) is 0 Å². The Morgan fingerprint density at radius 1 is 1.15 bits per heavy atom. The van der Waals surface area contributed by atoms with Crippen LogP contribution in [0.25, 0.3) is 0 Å². The van der Waals surface area contributed by atoms with Gasteiger partial charge in [-0.3, -0.25) is 4.79 Å². The average molecular weight is 288 g/mol. The van der Waals surface area contributed by atoms with Crippen LogP contribution in [-0.2, 0) is 4.79 Å². The third kappa shape index (κ3) is 5.77. The first kappa shape index (κ1) is 18.7. The molecule has 0 aromatic carbocycles. The second kappa shape index (κ2) is 9.58. The van der Waals surface area contributed by atoms with Crippen LogP contribution in [0.3, 0.4) is 0 Å². The van der Waals surface area contributed by atoms with Crippen LogP contribution in [0.15, 0.2) is 0 Å². The van der Waals surface area contributed by atoms with Crippen LogP contribution < -0.4 is 5.32 Å².